The Morgan fingerprint density at radius 3 is 2.39 bits per heavy atom. The van der Waals surface area contributed by atoms with Crippen LogP contribution in [0.4, 0.5) is 5.13 Å². The van der Waals surface area contributed by atoms with Crippen molar-refractivity contribution in [1.29, 1.82) is 0 Å². The van der Waals surface area contributed by atoms with Crippen molar-refractivity contribution in [3.05, 3.63) is 16.4 Å². The molecule has 4 aliphatic rings. The highest BCUT2D eigenvalue weighted by Gasteiger charge is 2.51. The zero-order valence-corrected chi connectivity index (χ0v) is 21.4. The second-order valence-corrected chi connectivity index (χ2v) is 12.5. The standard InChI is InChI=1S/C23H32N6O2S2/c1-13-19(20(31)28(2)3)33-21(24-13)25-18(30)12-32-22-27-26-17(29(22)4)11-23-8-14-5-15(9-23)7-16(6-14)10-23/h14-16H,5-12H2,1-4H3,(H,24,25,30). The predicted molar refractivity (Wildman–Crippen MR) is 130 cm³/mol. The summed E-state index contributed by atoms with van der Waals surface area (Å²) in [6.45, 7) is 1.78. The molecule has 10 heteroatoms. The minimum Gasteiger partial charge on any atom is -0.344 e. The van der Waals surface area contributed by atoms with Crippen LogP contribution in [-0.4, -0.2) is 56.3 Å². The largest absolute Gasteiger partial charge is 0.344 e. The average Bonchev–Trinajstić information content (AvgIpc) is 3.26. The maximum atomic E-state index is 12.5. The molecule has 4 aliphatic carbocycles. The van der Waals surface area contributed by atoms with Gasteiger partial charge in [0.15, 0.2) is 10.3 Å². The monoisotopic (exact) mass is 488 g/mol. The Bertz CT molecular complexity index is 1040. The van der Waals surface area contributed by atoms with Gasteiger partial charge in [-0.1, -0.05) is 23.1 Å². The minimum atomic E-state index is -0.164. The number of hydrogen-bond acceptors (Lipinski definition) is 7. The van der Waals surface area contributed by atoms with Crippen LogP contribution in [0.25, 0.3) is 0 Å². The maximum Gasteiger partial charge on any atom is 0.265 e. The van der Waals surface area contributed by atoms with E-state index in [1.165, 1.54) is 66.5 Å². The Kier molecular flexibility index (Phi) is 6.01. The molecule has 2 heterocycles. The number of carbonyl (C=O) groups excluding carboxylic acids is 2. The minimum absolute atomic E-state index is 0.106. The molecule has 6 rings (SSSR count). The summed E-state index contributed by atoms with van der Waals surface area (Å²) in [4.78, 5) is 31.1. The first-order valence-corrected chi connectivity index (χ1v) is 13.5. The first kappa shape index (κ1) is 22.8. The fourth-order valence-electron chi connectivity index (χ4n) is 6.60. The highest BCUT2D eigenvalue weighted by Crippen LogP contribution is 2.60. The van der Waals surface area contributed by atoms with Crippen molar-refractivity contribution in [3.8, 4) is 0 Å². The van der Waals surface area contributed by atoms with E-state index in [1.54, 1.807) is 21.0 Å². The summed E-state index contributed by atoms with van der Waals surface area (Å²) in [5.41, 5.74) is 1.04. The lowest BCUT2D eigenvalue weighted by molar-refractivity contribution is -0.113. The number of thiazole rings is 1. The van der Waals surface area contributed by atoms with E-state index in [4.69, 9.17) is 0 Å². The molecule has 0 aliphatic heterocycles. The normalized spacial score (nSPS) is 27.7. The summed E-state index contributed by atoms with van der Waals surface area (Å²) in [5, 5.41) is 12.9. The van der Waals surface area contributed by atoms with E-state index in [9.17, 15) is 9.59 Å². The van der Waals surface area contributed by atoms with E-state index < -0.39 is 0 Å². The zero-order valence-electron chi connectivity index (χ0n) is 19.8. The zero-order chi connectivity index (χ0) is 23.3. The van der Waals surface area contributed by atoms with Crippen LogP contribution in [0.5, 0.6) is 0 Å². The van der Waals surface area contributed by atoms with Crippen LogP contribution in [0, 0.1) is 30.1 Å². The number of thioether (sulfide) groups is 1. The molecule has 0 spiro atoms. The lowest BCUT2D eigenvalue weighted by Crippen LogP contribution is -2.47. The molecule has 178 valence electrons. The molecule has 0 aromatic carbocycles. The highest BCUT2D eigenvalue weighted by atomic mass is 32.2. The lowest BCUT2D eigenvalue weighted by Gasteiger charge is -2.56. The van der Waals surface area contributed by atoms with Crippen LogP contribution in [0.15, 0.2) is 5.16 Å². The third-order valence-electron chi connectivity index (χ3n) is 7.60. The Labute approximate surface area is 202 Å². The molecular formula is C23H32N6O2S2. The molecule has 4 bridgehead atoms. The third-order valence-corrected chi connectivity index (χ3v) is 9.68. The van der Waals surface area contributed by atoms with Crippen molar-refractivity contribution < 1.29 is 9.59 Å². The van der Waals surface area contributed by atoms with Crippen molar-refractivity contribution in [2.45, 2.75) is 57.0 Å². The topological polar surface area (TPSA) is 93.0 Å². The van der Waals surface area contributed by atoms with Gasteiger partial charge in [-0.2, -0.15) is 0 Å². The Morgan fingerprint density at radius 2 is 1.79 bits per heavy atom. The quantitative estimate of drug-likeness (QED) is 0.597. The maximum absolute atomic E-state index is 12.5. The Balaban J connectivity index is 1.18. The Morgan fingerprint density at radius 1 is 1.15 bits per heavy atom. The van der Waals surface area contributed by atoms with Gasteiger partial charge >= 0.3 is 0 Å². The van der Waals surface area contributed by atoms with Gasteiger partial charge in [-0.25, -0.2) is 4.98 Å². The van der Waals surface area contributed by atoms with Crippen molar-refractivity contribution in [1.82, 2.24) is 24.6 Å². The summed E-state index contributed by atoms with van der Waals surface area (Å²) in [7, 11) is 5.42. The van der Waals surface area contributed by atoms with E-state index >= 15 is 0 Å². The number of anilines is 1. The van der Waals surface area contributed by atoms with Gasteiger partial charge in [-0.15, -0.1) is 10.2 Å². The van der Waals surface area contributed by atoms with E-state index in [0.29, 0.717) is 21.1 Å². The molecule has 4 fully saturated rings. The van der Waals surface area contributed by atoms with Gasteiger partial charge in [0.25, 0.3) is 5.91 Å². The van der Waals surface area contributed by atoms with Crippen LogP contribution in [-0.2, 0) is 18.3 Å². The summed E-state index contributed by atoms with van der Waals surface area (Å²) in [5.74, 6) is 3.76. The summed E-state index contributed by atoms with van der Waals surface area (Å²) in [6, 6.07) is 0. The van der Waals surface area contributed by atoms with E-state index in [2.05, 4.69) is 25.1 Å². The summed E-state index contributed by atoms with van der Waals surface area (Å²) in [6.07, 6.45) is 9.38. The molecule has 33 heavy (non-hydrogen) atoms. The first-order chi connectivity index (χ1) is 15.7. The van der Waals surface area contributed by atoms with Crippen LogP contribution in [0.3, 0.4) is 0 Å². The van der Waals surface area contributed by atoms with Gasteiger partial charge in [0, 0.05) is 27.6 Å². The van der Waals surface area contributed by atoms with Crippen molar-refractivity contribution >= 4 is 40.0 Å². The third kappa shape index (κ3) is 4.56. The summed E-state index contributed by atoms with van der Waals surface area (Å²) < 4.78 is 2.07. The number of amides is 2. The number of carbonyl (C=O) groups is 2. The predicted octanol–water partition coefficient (Wildman–Crippen LogP) is 3.77. The molecule has 2 aromatic rings. The fourth-order valence-corrected chi connectivity index (χ4v) is 8.34. The Hall–Kier alpha value is -1.94. The van der Waals surface area contributed by atoms with Crippen LogP contribution >= 0.6 is 23.1 Å². The van der Waals surface area contributed by atoms with Gasteiger partial charge in [0.05, 0.1) is 11.4 Å². The van der Waals surface area contributed by atoms with Crippen LogP contribution < -0.4 is 5.32 Å². The van der Waals surface area contributed by atoms with Crippen molar-refractivity contribution in [2.24, 2.45) is 30.2 Å². The lowest BCUT2D eigenvalue weighted by atomic mass is 9.49. The number of nitrogens with one attached hydrogen (secondary N) is 1. The molecular weight excluding hydrogens is 456 g/mol. The molecule has 0 radical (unpaired) electrons. The number of rotatable bonds is 7. The molecule has 8 nitrogen and oxygen atoms in total. The molecule has 4 saturated carbocycles. The number of nitrogens with zero attached hydrogens (tertiary/aromatic N) is 5. The average molecular weight is 489 g/mol. The summed E-state index contributed by atoms with van der Waals surface area (Å²) >= 11 is 2.60. The van der Waals surface area contributed by atoms with Crippen LogP contribution in [0.2, 0.25) is 0 Å². The van der Waals surface area contributed by atoms with Crippen LogP contribution in [0.1, 0.15) is 59.7 Å². The van der Waals surface area contributed by atoms with E-state index in [0.717, 1.165) is 35.2 Å². The van der Waals surface area contributed by atoms with E-state index in [1.807, 2.05) is 7.05 Å². The van der Waals surface area contributed by atoms with Gasteiger partial charge in [0.2, 0.25) is 5.91 Å². The molecule has 2 aromatic heterocycles. The van der Waals surface area contributed by atoms with Gasteiger partial charge in [-0.3, -0.25) is 9.59 Å². The molecule has 1 N–H and O–H groups in total. The number of aromatic nitrogens is 4. The second-order valence-electron chi connectivity index (χ2n) is 10.5. The highest BCUT2D eigenvalue weighted by molar-refractivity contribution is 7.99. The molecule has 0 unspecified atom stereocenters. The SMILES string of the molecule is Cc1nc(NC(=O)CSc2nnc(CC34CC5CC(CC(C5)C3)C4)n2C)sc1C(=O)N(C)C. The second kappa shape index (κ2) is 8.69. The van der Waals surface area contributed by atoms with Crippen molar-refractivity contribution in [3.63, 3.8) is 0 Å². The smallest absolute Gasteiger partial charge is 0.265 e. The van der Waals surface area contributed by atoms with Crippen molar-refractivity contribution in [2.75, 3.05) is 25.2 Å². The fraction of sp³-hybridized carbons (Fsp3) is 0.696. The number of aryl methyl sites for hydroxylation is 1. The van der Waals surface area contributed by atoms with Gasteiger partial charge in [-0.05, 0) is 68.6 Å². The molecule has 0 saturated heterocycles. The molecule has 2 amide bonds. The number of hydrogen-bond donors (Lipinski definition) is 1. The first-order valence-electron chi connectivity index (χ1n) is 11.7. The van der Waals surface area contributed by atoms with Gasteiger partial charge < -0.3 is 14.8 Å². The van der Waals surface area contributed by atoms with Gasteiger partial charge in [0.1, 0.15) is 10.7 Å². The van der Waals surface area contributed by atoms with E-state index in [-0.39, 0.29) is 17.6 Å². The molecule has 0 atom stereocenters.